The minimum Gasteiger partial charge on any atom is -0.485 e. The van der Waals surface area contributed by atoms with E-state index in [-0.39, 0.29) is 12.1 Å². The Bertz CT molecular complexity index is 750. The van der Waals surface area contributed by atoms with Gasteiger partial charge in [-0.15, -0.1) is 0 Å². The first-order valence-corrected chi connectivity index (χ1v) is 8.29. The van der Waals surface area contributed by atoms with Crippen molar-refractivity contribution >= 4 is 17.5 Å². The van der Waals surface area contributed by atoms with Gasteiger partial charge in [-0.05, 0) is 30.7 Å². The molecular formula is C18H23N5O2. The average molecular weight is 341 g/mol. The van der Waals surface area contributed by atoms with Crippen LogP contribution in [0.25, 0.3) is 0 Å². The second kappa shape index (κ2) is 7.38. The maximum atomic E-state index is 12.4. The molecule has 0 unspecified atom stereocenters. The van der Waals surface area contributed by atoms with E-state index in [1.165, 1.54) is 0 Å². The molecule has 7 nitrogen and oxygen atoms in total. The zero-order chi connectivity index (χ0) is 17.8. The molecule has 3 rings (SSSR count). The van der Waals surface area contributed by atoms with E-state index >= 15 is 0 Å². The summed E-state index contributed by atoms with van der Waals surface area (Å²) in [6.45, 7) is 3.15. The molecule has 1 fully saturated rings. The predicted molar refractivity (Wildman–Crippen MR) is 97.2 cm³/mol. The summed E-state index contributed by atoms with van der Waals surface area (Å²) in [6, 6.07) is 5.53. The predicted octanol–water partition coefficient (Wildman–Crippen LogP) is 2.54. The highest BCUT2D eigenvalue weighted by Gasteiger charge is 2.28. The highest BCUT2D eigenvalue weighted by atomic mass is 16.5. The monoisotopic (exact) mass is 341 g/mol. The smallest absolute Gasteiger partial charge is 0.322 e. The van der Waals surface area contributed by atoms with Crippen LogP contribution in [-0.4, -0.2) is 54.2 Å². The molecule has 2 aromatic rings. The summed E-state index contributed by atoms with van der Waals surface area (Å²) in [6.07, 6.45) is 5.90. The number of hydrogen-bond acceptors (Lipinski definition) is 5. The molecule has 0 radical (unpaired) electrons. The average Bonchev–Trinajstić information content (AvgIpc) is 3.04. The fourth-order valence-corrected chi connectivity index (χ4v) is 2.82. The molecule has 1 aliphatic rings. The van der Waals surface area contributed by atoms with E-state index in [0.717, 1.165) is 23.6 Å². The second-order valence-electron chi connectivity index (χ2n) is 6.38. The highest BCUT2D eigenvalue weighted by molar-refractivity contribution is 5.89. The van der Waals surface area contributed by atoms with Crippen LogP contribution in [0.5, 0.6) is 5.75 Å². The number of nitrogens with zero attached hydrogens (tertiary/aromatic N) is 4. The quantitative estimate of drug-likeness (QED) is 0.925. The summed E-state index contributed by atoms with van der Waals surface area (Å²) in [5.74, 6) is 1.53. The van der Waals surface area contributed by atoms with Gasteiger partial charge in [0.1, 0.15) is 6.10 Å². The van der Waals surface area contributed by atoms with E-state index in [9.17, 15) is 4.79 Å². The molecule has 1 saturated heterocycles. The van der Waals surface area contributed by atoms with Gasteiger partial charge < -0.3 is 19.9 Å². The van der Waals surface area contributed by atoms with Gasteiger partial charge >= 0.3 is 6.03 Å². The molecule has 0 spiro atoms. The Balaban J connectivity index is 1.59. The van der Waals surface area contributed by atoms with E-state index in [0.29, 0.717) is 18.8 Å². The first-order valence-electron chi connectivity index (χ1n) is 8.29. The van der Waals surface area contributed by atoms with Crippen LogP contribution in [-0.2, 0) is 0 Å². The van der Waals surface area contributed by atoms with Crippen molar-refractivity contribution < 1.29 is 9.53 Å². The lowest BCUT2D eigenvalue weighted by atomic mass is 10.3. The largest absolute Gasteiger partial charge is 0.485 e. The van der Waals surface area contributed by atoms with Gasteiger partial charge in [0.05, 0.1) is 18.4 Å². The molecule has 2 aromatic heterocycles. The van der Waals surface area contributed by atoms with Crippen molar-refractivity contribution in [1.29, 1.82) is 0 Å². The lowest BCUT2D eigenvalue weighted by molar-refractivity contribution is 0.195. The van der Waals surface area contributed by atoms with E-state index in [4.69, 9.17) is 4.74 Å². The number of ether oxygens (including phenoxy) is 1. The molecule has 0 saturated carbocycles. The Morgan fingerprint density at radius 1 is 1.40 bits per heavy atom. The third kappa shape index (κ3) is 4.17. The topological polar surface area (TPSA) is 70.6 Å². The third-order valence-corrected chi connectivity index (χ3v) is 4.03. The van der Waals surface area contributed by atoms with Gasteiger partial charge in [0, 0.05) is 39.5 Å². The van der Waals surface area contributed by atoms with E-state index in [2.05, 4.69) is 15.3 Å². The van der Waals surface area contributed by atoms with Crippen LogP contribution in [0, 0.1) is 6.92 Å². The fourth-order valence-electron chi connectivity index (χ4n) is 2.82. The molecule has 0 bridgehead atoms. The number of aryl methyl sites for hydroxylation is 1. The SMILES string of the molecule is Cc1cncc(NC(=O)N2CC[C@@H](Oc3cccnc3N(C)C)C2)c1. The molecule has 0 aromatic carbocycles. The summed E-state index contributed by atoms with van der Waals surface area (Å²) < 4.78 is 6.08. The fraction of sp³-hybridized carbons (Fsp3) is 0.389. The molecule has 25 heavy (non-hydrogen) atoms. The molecular weight excluding hydrogens is 318 g/mol. The molecule has 1 aliphatic heterocycles. The summed E-state index contributed by atoms with van der Waals surface area (Å²) in [4.78, 5) is 24.5. The van der Waals surface area contributed by atoms with E-state index < -0.39 is 0 Å². The zero-order valence-electron chi connectivity index (χ0n) is 14.8. The molecule has 1 N–H and O–H groups in total. The Hall–Kier alpha value is -2.83. The molecule has 7 heteroatoms. The summed E-state index contributed by atoms with van der Waals surface area (Å²) in [5, 5.41) is 2.89. The number of aromatic nitrogens is 2. The number of amides is 2. The number of hydrogen-bond donors (Lipinski definition) is 1. The molecule has 0 aliphatic carbocycles. The van der Waals surface area contributed by atoms with Crippen LogP contribution in [0.2, 0.25) is 0 Å². The molecule has 132 valence electrons. The first-order chi connectivity index (χ1) is 12.0. The van der Waals surface area contributed by atoms with Crippen LogP contribution in [0.3, 0.4) is 0 Å². The van der Waals surface area contributed by atoms with Crippen LogP contribution < -0.4 is 15.0 Å². The van der Waals surface area contributed by atoms with Crippen molar-refractivity contribution in [2.45, 2.75) is 19.4 Å². The van der Waals surface area contributed by atoms with E-state index in [1.54, 1.807) is 23.5 Å². The van der Waals surface area contributed by atoms with E-state index in [1.807, 2.05) is 44.1 Å². The minimum atomic E-state index is -0.127. The van der Waals surface area contributed by atoms with Gasteiger partial charge in [-0.3, -0.25) is 4.98 Å². The van der Waals surface area contributed by atoms with Crippen molar-refractivity contribution in [2.75, 3.05) is 37.4 Å². The number of urea groups is 1. The Labute approximate surface area is 147 Å². The van der Waals surface area contributed by atoms with Crippen molar-refractivity contribution in [3.63, 3.8) is 0 Å². The van der Waals surface area contributed by atoms with Crippen LogP contribution in [0.15, 0.2) is 36.8 Å². The van der Waals surface area contributed by atoms with Crippen LogP contribution in [0.4, 0.5) is 16.3 Å². The number of rotatable bonds is 4. The molecule has 1 atom stereocenters. The van der Waals surface area contributed by atoms with Crippen LogP contribution >= 0.6 is 0 Å². The summed E-state index contributed by atoms with van der Waals surface area (Å²) in [5.41, 5.74) is 1.71. The number of carbonyl (C=O) groups excluding carboxylic acids is 1. The lowest BCUT2D eigenvalue weighted by Gasteiger charge is -2.20. The Kier molecular flexibility index (Phi) is 5.02. The van der Waals surface area contributed by atoms with Gasteiger partial charge in [0.25, 0.3) is 0 Å². The first kappa shape index (κ1) is 17.0. The Morgan fingerprint density at radius 2 is 2.24 bits per heavy atom. The molecule has 3 heterocycles. The summed E-state index contributed by atoms with van der Waals surface area (Å²) >= 11 is 0. The van der Waals surface area contributed by atoms with Gasteiger partial charge in [0.2, 0.25) is 0 Å². The standard InChI is InChI=1S/C18H23N5O2/c1-13-9-14(11-19-10-13)21-18(24)23-8-6-15(12-23)25-16-5-4-7-20-17(16)22(2)3/h4-5,7,9-11,15H,6,8,12H2,1-3H3,(H,21,24)/t15-/m1/s1. The van der Waals surface area contributed by atoms with Gasteiger partial charge in [-0.1, -0.05) is 0 Å². The second-order valence-corrected chi connectivity index (χ2v) is 6.38. The summed E-state index contributed by atoms with van der Waals surface area (Å²) in [7, 11) is 3.86. The van der Waals surface area contributed by atoms with Crippen LogP contribution in [0.1, 0.15) is 12.0 Å². The number of carbonyl (C=O) groups is 1. The Morgan fingerprint density at radius 3 is 3.00 bits per heavy atom. The zero-order valence-corrected chi connectivity index (χ0v) is 14.8. The number of anilines is 2. The minimum absolute atomic E-state index is 0.0377. The van der Waals surface area contributed by atoms with Crippen molar-refractivity contribution in [3.05, 3.63) is 42.4 Å². The van der Waals surface area contributed by atoms with Crippen molar-refractivity contribution in [1.82, 2.24) is 14.9 Å². The maximum absolute atomic E-state index is 12.4. The normalized spacial score (nSPS) is 16.6. The number of nitrogens with one attached hydrogen (secondary N) is 1. The van der Waals surface area contributed by atoms with Gasteiger partial charge in [0.15, 0.2) is 11.6 Å². The maximum Gasteiger partial charge on any atom is 0.322 e. The lowest BCUT2D eigenvalue weighted by Crippen LogP contribution is -2.34. The van der Waals surface area contributed by atoms with Gasteiger partial charge in [-0.2, -0.15) is 0 Å². The van der Waals surface area contributed by atoms with Crippen molar-refractivity contribution in [3.8, 4) is 5.75 Å². The molecule has 2 amide bonds. The van der Waals surface area contributed by atoms with Gasteiger partial charge in [-0.25, -0.2) is 9.78 Å². The number of pyridine rings is 2. The highest BCUT2D eigenvalue weighted by Crippen LogP contribution is 2.26. The van der Waals surface area contributed by atoms with Crippen molar-refractivity contribution in [2.24, 2.45) is 0 Å². The third-order valence-electron chi connectivity index (χ3n) is 4.03. The number of likely N-dealkylation sites (tertiary alicyclic amines) is 1.